The summed E-state index contributed by atoms with van der Waals surface area (Å²) < 4.78 is 28.3. The average Bonchev–Trinajstić information content (AvgIpc) is 2.64. The molecule has 106 valence electrons. The Balaban J connectivity index is 2.20. The zero-order valence-electron chi connectivity index (χ0n) is 11.5. The van der Waals surface area contributed by atoms with Crippen molar-refractivity contribution in [1.29, 1.82) is 0 Å². The van der Waals surface area contributed by atoms with Gasteiger partial charge in [0, 0.05) is 19.6 Å². The minimum Gasteiger partial charge on any atom is -0.367 e. The summed E-state index contributed by atoms with van der Waals surface area (Å²) in [6.45, 7) is 4.76. The van der Waals surface area contributed by atoms with Crippen molar-refractivity contribution >= 4 is 5.69 Å². The molecule has 0 bridgehead atoms. The maximum absolute atomic E-state index is 14.1. The van der Waals surface area contributed by atoms with E-state index in [-0.39, 0.29) is 5.69 Å². The van der Waals surface area contributed by atoms with Gasteiger partial charge in [-0.15, -0.1) is 0 Å². The molecule has 0 radical (unpaired) electrons. The predicted octanol–water partition coefficient (Wildman–Crippen LogP) is 3.45. The maximum atomic E-state index is 14.1. The van der Waals surface area contributed by atoms with Gasteiger partial charge in [-0.25, -0.2) is 8.78 Å². The van der Waals surface area contributed by atoms with Crippen LogP contribution < -0.4 is 10.2 Å². The first kappa shape index (κ1) is 14.3. The Hall–Kier alpha value is -1.16. The third-order valence-corrected chi connectivity index (χ3v) is 3.58. The second-order valence-electron chi connectivity index (χ2n) is 5.09. The van der Waals surface area contributed by atoms with Gasteiger partial charge in [-0.2, -0.15) is 0 Å². The standard InChI is InChI=1S/C15H22F2N2/c1-2-18-11-12-9-13(16)15(14(17)10-12)19-7-5-3-4-6-8-19/h9-10,18H,2-8,11H2,1H3. The Morgan fingerprint density at radius 2 is 1.63 bits per heavy atom. The molecule has 1 heterocycles. The quantitative estimate of drug-likeness (QED) is 0.899. The fraction of sp³-hybridized carbons (Fsp3) is 0.600. The lowest BCUT2D eigenvalue weighted by Gasteiger charge is -2.24. The van der Waals surface area contributed by atoms with E-state index in [4.69, 9.17) is 0 Å². The molecule has 1 aromatic rings. The van der Waals surface area contributed by atoms with Crippen LogP contribution >= 0.6 is 0 Å². The molecule has 0 saturated carbocycles. The Morgan fingerprint density at radius 3 is 2.16 bits per heavy atom. The monoisotopic (exact) mass is 268 g/mol. The molecule has 0 unspecified atom stereocenters. The second-order valence-corrected chi connectivity index (χ2v) is 5.09. The molecule has 19 heavy (non-hydrogen) atoms. The summed E-state index contributed by atoms with van der Waals surface area (Å²) in [5, 5.41) is 3.08. The lowest BCUT2D eigenvalue weighted by molar-refractivity contribution is 0.564. The molecule has 0 atom stereocenters. The minimum atomic E-state index is -0.435. The summed E-state index contributed by atoms with van der Waals surface area (Å²) in [7, 11) is 0. The summed E-state index contributed by atoms with van der Waals surface area (Å²) in [4.78, 5) is 1.86. The maximum Gasteiger partial charge on any atom is 0.149 e. The molecule has 1 fully saturated rings. The van der Waals surface area contributed by atoms with Crippen LogP contribution in [0.25, 0.3) is 0 Å². The van der Waals surface area contributed by atoms with E-state index in [0.29, 0.717) is 12.1 Å². The van der Waals surface area contributed by atoms with Crippen molar-refractivity contribution in [2.75, 3.05) is 24.5 Å². The molecule has 1 aliphatic rings. The zero-order valence-corrected chi connectivity index (χ0v) is 11.5. The number of halogens is 2. The number of anilines is 1. The summed E-state index contributed by atoms with van der Waals surface area (Å²) in [5.74, 6) is -0.871. The molecule has 1 aliphatic heterocycles. The largest absolute Gasteiger partial charge is 0.367 e. The van der Waals surface area contributed by atoms with Crippen LogP contribution in [0.5, 0.6) is 0 Å². The van der Waals surface area contributed by atoms with Crippen LogP contribution in [0.2, 0.25) is 0 Å². The summed E-state index contributed by atoms with van der Waals surface area (Å²) in [6, 6.07) is 2.90. The Kier molecular flexibility index (Phi) is 5.14. The lowest BCUT2D eigenvalue weighted by atomic mass is 10.1. The van der Waals surface area contributed by atoms with E-state index < -0.39 is 11.6 Å². The Bertz CT molecular complexity index is 390. The summed E-state index contributed by atoms with van der Waals surface area (Å²) in [5.41, 5.74) is 0.817. The van der Waals surface area contributed by atoms with Crippen molar-refractivity contribution in [2.24, 2.45) is 0 Å². The van der Waals surface area contributed by atoms with E-state index >= 15 is 0 Å². The van der Waals surface area contributed by atoms with Gasteiger partial charge < -0.3 is 10.2 Å². The molecule has 0 amide bonds. The summed E-state index contributed by atoms with van der Waals surface area (Å²) >= 11 is 0. The predicted molar refractivity (Wildman–Crippen MR) is 74.4 cm³/mol. The van der Waals surface area contributed by atoms with Crippen LogP contribution in [0.15, 0.2) is 12.1 Å². The van der Waals surface area contributed by atoms with E-state index in [1.807, 2.05) is 11.8 Å². The first-order chi connectivity index (χ1) is 9.22. The molecule has 1 saturated heterocycles. The molecule has 4 heteroatoms. The van der Waals surface area contributed by atoms with E-state index in [2.05, 4.69) is 5.32 Å². The van der Waals surface area contributed by atoms with E-state index in [0.717, 1.165) is 45.3 Å². The Labute approximate surface area is 113 Å². The van der Waals surface area contributed by atoms with Gasteiger partial charge in [0.05, 0.1) is 0 Å². The van der Waals surface area contributed by atoms with Gasteiger partial charge in [0.2, 0.25) is 0 Å². The fourth-order valence-electron chi connectivity index (χ4n) is 2.59. The number of nitrogens with zero attached hydrogens (tertiary/aromatic N) is 1. The van der Waals surface area contributed by atoms with Crippen LogP contribution in [0, 0.1) is 11.6 Å². The first-order valence-electron chi connectivity index (χ1n) is 7.16. The van der Waals surface area contributed by atoms with Gasteiger partial charge in [0.15, 0.2) is 0 Å². The van der Waals surface area contributed by atoms with Crippen molar-refractivity contribution in [2.45, 2.75) is 39.2 Å². The molecule has 0 aliphatic carbocycles. The number of rotatable bonds is 4. The van der Waals surface area contributed by atoms with Crippen LogP contribution in [-0.4, -0.2) is 19.6 Å². The van der Waals surface area contributed by atoms with Crippen molar-refractivity contribution in [3.8, 4) is 0 Å². The highest BCUT2D eigenvalue weighted by molar-refractivity contribution is 5.50. The highest BCUT2D eigenvalue weighted by Crippen LogP contribution is 2.27. The average molecular weight is 268 g/mol. The number of hydrogen-bond acceptors (Lipinski definition) is 2. The molecular weight excluding hydrogens is 246 g/mol. The van der Waals surface area contributed by atoms with Crippen LogP contribution in [-0.2, 0) is 6.54 Å². The van der Waals surface area contributed by atoms with Gasteiger partial charge in [-0.3, -0.25) is 0 Å². The van der Waals surface area contributed by atoms with Gasteiger partial charge in [-0.1, -0.05) is 19.8 Å². The highest BCUT2D eigenvalue weighted by atomic mass is 19.1. The number of hydrogen-bond donors (Lipinski definition) is 1. The normalized spacial score (nSPS) is 16.5. The topological polar surface area (TPSA) is 15.3 Å². The molecule has 0 spiro atoms. The van der Waals surface area contributed by atoms with E-state index in [9.17, 15) is 8.78 Å². The van der Waals surface area contributed by atoms with Gasteiger partial charge in [-0.05, 0) is 37.1 Å². The third-order valence-electron chi connectivity index (χ3n) is 3.58. The molecule has 0 aromatic heterocycles. The van der Waals surface area contributed by atoms with Crippen LogP contribution in [0.1, 0.15) is 38.2 Å². The van der Waals surface area contributed by atoms with Gasteiger partial charge >= 0.3 is 0 Å². The second kappa shape index (κ2) is 6.85. The van der Waals surface area contributed by atoms with Gasteiger partial charge in [0.25, 0.3) is 0 Å². The Morgan fingerprint density at radius 1 is 1.05 bits per heavy atom. The number of nitrogens with one attached hydrogen (secondary N) is 1. The molecule has 1 N–H and O–H groups in total. The lowest BCUT2D eigenvalue weighted by Crippen LogP contribution is -2.26. The van der Waals surface area contributed by atoms with Crippen LogP contribution in [0.3, 0.4) is 0 Å². The van der Waals surface area contributed by atoms with E-state index in [1.165, 1.54) is 12.1 Å². The SMILES string of the molecule is CCNCc1cc(F)c(N2CCCCCC2)c(F)c1. The minimum absolute atomic E-state index is 0.155. The molecule has 2 rings (SSSR count). The fourth-order valence-corrected chi connectivity index (χ4v) is 2.59. The first-order valence-corrected chi connectivity index (χ1v) is 7.16. The van der Waals surface area contributed by atoms with Crippen molar-refractivity contribution in [3.05, 3.63) is 29.3 Å². The highest BCUT2D eigenvalue weighted by Gasteiger charge is 2.19. The smallest absolute Gasteiger partial charge is 0.149 e. The van der Waals surface area contributed by atoms with Crippen molar-refractivity contribution in [1.82, 2.24) is 5.32 Å². The van der Waals surface area contributed by atoms with Gasteiger partial charge in [0.1, 0.15) is 17.3 Å². The zero-order chi connectivity index (χ0) is 13.7. The van der Waals surface area contributed by atoms with E-state index in [1.54, 1.807) is 0 Å². The summed E-state index contributed by atoms with van der Waals surface area (Å²) in [6.07, 6.45) is 4.33. The van der Waals surface area contributed by atoms with Crippen molar-refractivity contribution < 1.29 is 8.78 Å². The molecule has 2 nitrogen and oxygen atoms in total. The van der Waals surface area contributed by atoms with Crippen molar-refractivity contribution in [3.63, 3.8) is 0 Å². The third kappa shape index (κ3) is 3.66. The molecular formula is C15H22F2N2. The molecule has 1 aromatic carbocycles. The van der Waals surface area contributed by atoms with Crippen LogP contribution in [0.4, 0.5) is 14.5 Å². The number of benzene rings is 1.